The van der Waals surface area contributed by atoms with Gasteiger partial charge in [0.25, 0.3) is 5.91 Å². The van der Waals surface area contributed by atoms with Gasteiger partial charge in [-0.1, -0.05) is 18.2 Å². The summed E-state index contributed by atoms with van der Waals surface area (Å²) in [7, 11) is 0. The van der Waals surface area contributed by atoms with Crippen LogP contribution in [0.2, 0.25) is 0 Å². The highest BCUT2D eigenvalue weighted by Gasteiger charge is 2.26. The van der Waals surface area contributed by atoms with E-state index in [0.717, 1.165) is 6.08 Å². The molecular weight excluding hydrogens is 214 g/mol. The van der Waals surface area contributed by atoms with Gasteiger partial charge < -0.3 is 5.11 Å². The molecule has 2 rings (SSSR count). The molecule has 0 aromatic carbocycles. The number of carboxylic acid groups (broad SMARTS) is 1. The molecule has 2 aliphatic rings. The zero-order valence-corrected chi connectivity index (χ0v) is 8.40. The van der Waals surface area contributed by atoms with E-state index in [9.17, 15) is 9.59 Å². The Labute approximate surface area is 90.1 Å². The number of rotatable bonds is 1. The minimum absolute atomic E-state index is 0.0432. The van der Waals surface area contributed by atoms with Crippen LogP contribution in [0, 0.1) is 0 Å². The topological polar surface area (TPSA) is 66.7 Å². The van der Waals surface area contributed by atoms with E-state index in [0.29, 0.717) is 5.71 Å². The van der Waals surface area contributed by atoms with Crippen LogP contribution >= 0.6 is 11.8 Å². The van der Waals surface area contributed by atoms with Gasteiger partial charge in [-0.25, -0.2) is 9.79 Å². The zero-order chi connectivity index (χ0) is 10.8. The minimum atomic E-state index is -1.13. The first kappa shape index (κ1) is 9.92. The molecule has 15 heavy (non-hydrogen) atoms. The molecule has 0 radical (unpaired) electrons. The third kappa shape index (κ3) is 2.07. The van der Waals surface area contributed by atoms with Crippen molar-refractivity contribution in [3.63, 3.8) is 0 Å². The van der Waals surface area contributed by atoms with E-state index in [-0.39, 0.29) is 10.2 Å². The Morgan fingerprint density at radius 1 is 1.53 bits per heavy atom. The van der Waals surface area contributed by atoms with Crippen LogP contribution in [0.25, 0.3) is 0 Å². The van der Waals surface area contributed by atoms with E-state index in [4.69, 9.17) is 5.11 Å². The molecule has 1 N–H and O–H groups in total. The molecule has 5 heteroatoms. The summed E-state index contributed by atoms with van der Waals surface area (Å²) in [6.45, 7) is 0. The van der Waals surface area contributed by atoms with Gasteiger partial charge in [-0.15, -0.1) is 11.8 Å². The summed E-state index contributed by atoms with van der Waals surface area (Å²) >= 11 is 1.21. The maximum atomic E-state index is 11.4. The van der Waals surface area contributed by atoms with Crippen molar-refractivity contribution in [2.45, 2.75) is 5.25 Å². The average Bonchev–Trinajstić information content (AvgIpc) is 2.18. The summed E-state index contributed by atoms with van der Waals surface area (Å²) in [6.07, 6.45) is 8.19. The number of carbonyl (C=O) groups excluding carboxylic acids is 1. The average molecular weight is 221 g/mol. The number of allylic oxidation sites excluding steroid dienone is 3. The third-order valence-corrected chi connectivity index (χ3v) is 3.10. The number of carbonyl (C=O) groups is 2. The first-order chi connectivity index (χ1) is 7.16. The minimum Gasteiger partial charge on any atom is -0.478 e. The molecule has 0 saturated carbocycles. The lowest BCUT2D eigenvalue weighted by Gasteiger charge is -2.19. The zero-order valence-electron chi connectivity index (χ0n) is 7.58. The molecule has 0 aromatic heterocycles. The molecule has 1 atom stereocenters. The van der Waals surface area contributed by atoms with Crippen LogP contribution in [0.5, 0.6) is 0 Å². The Morgan fingerprint density at radius 3 is 3.07 bits per heavy atom. The first-order valence-electron chi connectivity index (χ1n) is 4.26. The highest BCUT2D eigenvalue weighted by Crippen LogP contribution is 2.31. The molecule has 1 aliphatic heterocycles. The van der Waals surface area contributed by atoms with Gasteiger partial charge in [0.2, 0.25) is 0 Å². The summed E-state index contributed by atoms with van der Waals surface area (Å²) in [5.41, 5.74) is 0.676. The number of fused-ring (bicyclic) bond motifs is 1. The van der Waals surface area contributed by atoms with E-state index < -0.39 is 11.9 Å². The summed E-state index contributed by atoms with van der Waals surface area (Å²) in [5.74, 6) is -1.60. The molecule has 1 amide bonds. The van der Waals surface area contributed by atoms with E-state index in [1.165, 1.54) is 11.8 Å². The molecule has 0 spiro atoms. The van der Waals surface area contributed by atoms with Gasteiger partial charge in [-0.2, -0.15) is 0 Å². The number of thioether (sulfide) groups is 1. The molecule has 0 bridgehead atoms. The van der Waals surface area contributed by atoms with Gasteiger partial charge in [0, 0.05) is 6.08 Å². The van der Waals surface area contributed by atoms with Gasteiger partial charge in [0.05, 0.1) is 15.9 Å². The Hall–Kier alpha value is -1.62. The van der Waals surface area contributed by atoms with Crippen molar-refractivity contribution in [3.8, 4) is 0 Å². The van der Waals surface area contributed by atoms with Gasteiger partial charge in [0.1, 0.15) is 0 Å². The van der Waals surface area contributed by atoms with Crippen LogP contribution in [0.15, 0.2) is 40.3 Å². The van der Waals surface area contributed by atoms with E-state index in [1.54, 1.807) is 12.2 Å². The predicted octanol–water partition coefficient (Wildman–Crippen LogP) is 1.16. The predicted molar refractivity (Wildman–Crippen MR) is 57.8 cm³/mol. The highest BCUT2D eigenvalue weighted by molar-refractivity contribution is 8.05. The van der Waals surface area contributed by atoms with Crippen LogP contribution < -0.4 is 0 Å². The number of carboxylic acids is 1. The van der Waals surface area contributed by atoms with Crippen molar-refractivity contribution in [1.29, 1.82) is 0 Å². The van der Waals surface area contributed by atoms with Crippen molar-refractivity contribution in [2.24, 2.45) is 4.99 Å². The second kappa shape index (κ2) is 3.86. The molecule has 1 aliphatic carbocycles. The summed E-state index contributed by atoms with van der Waals surface area (Å²) < 4.78 is 0. The van der Waals surface area contributed by atoms with Gasteiger partial charge in [0.15, 0.2) is 0 Å². The standard InChI is InChI=1S/C10H7NO3S/c12-9(13)5-8-10(14)11-6-3-1-2-4-7(6)15-8/h1-5,7H,(H,12,13)/b8-5-. The molecule has 0 fully saturated rings. The normalized spacial score (nSPS) is 26.4. The number of nitrogens with zero attached hydrogens (tertiary/aromatic N) is 1. The fourth-order valence-electron chi connectivity index (χ4n) is 1.28. The van der Waals surface area contributed by atoms with Crippen molar-refractivity contribution in [2.75, 3.05) is 0 Å². The quantitative estimate of drug-likeness (QED) is 0.675. The summed E-state index contributed by atoms with van der Waals surface area (Å²) in [4.78, 5) is 25.8. The van der Waals surface area contributed by atoms with Crippen LogP contribution in [-0.2, 0) is 9.59 Å². The number of hydrogen-bond acceptors (Lipinski definition) is 3. The SMILES string of the molecule is O=C(O)/C=C1\SC2C=CC=CC2=NC1=O. The first-order valence-corrected chi connectivity index (χ1v) is 5.14. The summed E-state index contributed by atoms with van der Waals surface area (Å²) in [5, 5.41) is 8.51. The number of aliphatic imine (C=N–C) groups is 1. The smallest absolute Gasteiger partial charge is 0.329 e. The van der Waals surface area contributed by atoms with Crippen LogP contribution in [-0.4, -0.2) is 27.9 Å². The van der Waals surface area contributed by atoms with Crippen molar-refractivity contribution < 1.29 is 14.7 Å². The Balaban J connectivity index is 2.33. The van der Waals surface area contributed by atoms with Crippen molar-refractivity contribution in [1.82, 2.24) is 0 Å². The van der Waals surface area contributed by atoms with E-state index in [2.05, 4.69) is 4.99 Å². The van der Waals surface area contributed by atoms with Crippen LogP contribution in [0.1, 0.15) is 0 Å². The lowest BCUT2D eigenvalue weighted by Crippen LogP contribution is -2.22. The van der Waals surface area contributed by atoms with E-state index in [1.807, 2.05) is 12.2 Å². The fraction of sp³-hybridized carbons (Fsp3) is 0.100. The lowest BCUT2D eigenvalue weighted by atomic mass is 10.1. The molecule has 76 valence electrons. The lowest BCUT2D eigenvalue weighted by molar-refractivity contribution is -0.131. The van der Waals surface area contributed by atoms with E-state index >= 15 is 0 Å². The van der Waals surface area contributed by atoms with Crippen molar-refractivity contribution >= 4 is 29.4 Å². The van der Waals surface area contributed by atoms with Gasteiger partial charge in [-0.05, 0) is 6.08 Å². The van der Waals surface area contributed by atoms with Gasteiger partial charge in [-0.3, -0.25) is 4.79 Å². The molecule has 0 aromatic rings. The molecular formula is C10H7NO3S. The Kier molecular flexibility index (Phi) is 2.55. The Bertz CT molecular complexity index is 446. The number of aliphatic carboxylic acids is 1. The van der Waals surface area contributed by atoms with Crippen LogP contribution in [0.4, 0.5) is 0 Å². The maximum absolute atomic E-state index is 11.4. The monoisotopic (exact) mass is 221 g/mol. The molecule has 1 heterocycles. The highest BCUT2D eigenvalue weighted by atomic mass is 32.2. The fourth-order valence-corrected chi connectivity index (χ4v) is 2.29. The second-order valence-electron chi connectivity index (χ2n) is 2.97. The molecule has 4 nitrogen and oxygen atoms in total. The second-order valence-corrected chi connectivity index (χ2v) is 4.15. The van der Waals surface area contributed by atoms with Gasteiger partial charge >= 0.3 is 5.97 Å². The number of hydrogen-bond donors (Lipinski definition) is 1. The third-order valence-electron chi connectivity index (χ3n) is 1.91. The molecule has 0 saturated heterocycles. The van der Waals surface area contributed by atoms with Crippen molar-refractivity contribution in [3.05, 3.63) is 35.3 Å². The molecule has 1 unspecified atom stereocenters. The largest absolute Gasteiger partial charge is 0.478 e. The van der Waals surface area contributed by atoms with Crippen LogP contribution in [0.3, 0.4) is 0 Å². The number of amides is 1. The summed E-state index contributed by atoms with van der Waals surface area (Å²) in [6, 6.07) is 0. The maximum Gasteiger partial charge on any atom is 0.329 e. The Morgan fingerprint density at radius 2 is 2.33 bits per heavy atom.